The zero-order chi connectivity index (χ0) is 16.2. The van der Waals surface area contributed by atoms with E-state index in [9.17, 15) is 18.8 Å². The lowest BCUT2D eigenvalue weighted by atomic mass is 10.1. The molecule has 0 aromatic heterocycles. The second kappa shape index (κ2) is 6.83. The Morgan fingerprint density at radius 2 is 1.95 bits per heavy atom. The van der Waals surface area contributed by atoms with Crippen molar-refractivity contribution in [1.82, 2.24) is 4.90 Å². The van der Waals surface area contributed by atoms with Gasteiger partial charge in [-0.05, 0) is 32.0 Å². The van der Waals surface area contributed by atoms with Gasteiger partial charge in [-0.2, -0.15) is 0 Å². The number of rotatable bonds is 5. The zero-order valence-corrected chi connectivity index (χ0v) is 12.0. The fraction of sp³-hybridized carbons (Fsp3) is 0.357. The van der Waals surface area contributed by atoms with E-state index >= 15 is 0 Å². The van der Waals surface area contributed by atoms with Crippen LogP contribution in [0.3, 0.4) is 0 Å². The molecule has 7 heteroatoms. The lowest BCUT2D eigenvalue weighted by Gasteiger charge is -2.25. The summed E-state index contributed by atoms with van der Waals surface area (Å²) in [5.41, 5.74) is -0.0116. The molecule has 1 rings (SSSR count). The fourth-order valence-corrected chi connectivity index (χ4v) is 1.74. The van der Waals surface area contributed by atoms with E-state index in [0.29, 0.717) is 0 Å². The topological polar surface area (TPSA) is 86.7 Å². The molecule has 21 heavy (non-hydrogen) atoms. The van der Waals surface area contributed by atoms with E-state index in [1.54, 1.807) is 13.8 Å². The monoisotopic (exact) mass is 296 g/mol. The number of halogens is 1. The molecule has 1 aromatic rings. The minimum Gasteiger partial charge on any atom is -0.480 e. The number of aliphatic carboxylic acids is 1. The Labute approximate surface area is 121 Å². The largest absolute Gasteiger partial charge is 0.480 e. The Morgan fingerprint density at radius 3 is 2.43 bits per heavy atom. The molecule has 2 amide bonds. The van der Waals surface area contributed by atoms with Crippen LogP contribution in [0, 0.1) is 5.82 Å². The Balaban J connectivity index is 3.10. The molecule has 0 radical (unpaired) electrons. The number of carboxylic acids is 1. The quantitative estimate of drug-likeness (QED) is 0.866. The molecule has 2 N–H and O–H groups in total. The molecule has 0 aliphatic heterocycles. The number of carboxylic acid groups (broad SMARTS) is 1. The van der Waals surface area contributed by atoms with E-state index in [-0.39, 0.29) is 17.3 Å². The van der Waals surface area contributed by atoms with Crippen LogP contribution in [-0.2, 0) is 9.59 Å². The normalized spacial score (nSPS) is 10.3. The number of hydrogen-bond donors (Lipinski definition) is 2. The van der Waals surface area contributed by atoms with Crippen molar-refractivity contribution in [1.29, 1.82) is 0 Å². The molecule has 0 heterocycles. The number of nitrogens with one attached hydrogen (secondary N) is 1. The number of anilines is 1. The van der Waals surface area contributed by atoms with Crippen molar-refractivity contribution < 1.29 is 23.9 Å². The van der Waals surface area contributed by atoms with Crippen LogP contribution in [0.5, 0.6) is 0 Å². The third kappa shape index (κ3) is 4.55. The summed E-state index contributed by atoms with van der Waals surface area (Å²) in [7, 11) is 0. The molecule has 0 bridgehead atoms. The highest BCUT2D eigenvalue weighted by Gasteiger charge is 2.22. The van der Waals surface area contributed by atoms with E-state index in [4.69, 9.17) is 5.11 Å². The molecular weight excluding hydrogens is 279 g/mol. The third-order valence-electron chi connectivity index (χ3n) is 2.71. The summed E-state index contributed by atoms with van der Waals surface area (Å²) in [4.78, 5) is 35.2. The summed E-state index contributed by atoms with van der Waals surface area (Å²) in [6.07, 6.45) is 0. The second-order valence-corrected chi connectivity index (χ2v) is 4.80. The first-order chi connectivity index (χ1) is 9.72. The predicted octanol–water partition coefficient (Wildman–Crippen LogP) is 1.72. The van der Waals surface area contributed by atoms with Gasteiger partial charge in [-0.25, -0.2) is 4.39 Å². The van der Waals surface area contributed by atoms with Crippen LogP contribution in [0.1, 0.15) is 31.1 Å². The highest BCUT2D eigenvalue weighted by atomic mass is 19.1. The maximum absolute atomic E-state index is 13.5. The first kappa shape index (κ1) is 16.6. The van der Waals surface area contributed by atoms with Crippen molar-refractivity contribution in [2.75, 3.05) is 11.9 Å². The number of hydrogen-bond acceptors (Lipinski definition) is 3. The van der Waals surface area contributed by atoms with Gasteiger partial charge in [0.2, 0.25) is 5.91 Å². The van der Waals surface area contributed by atoms with Crippen LogP contribution in [0.2, 0.25) is 0 Å². The van der Waals surface area contributed by atoms with Crippen molar-refractivity contribution in [3.8, 4) is 0 Å². The van der Waals surface area contributed by atoms with E-state index in [1.165, 1.54) is 19.1 Å². The van der Waals surface area contributed by atoms with Crippen molar-refractivity contribution in [3.05, 3.63) is 29.6 Å². The van der Waals surface area contributed by atoms with Gasteiger partial charge in [-0.3, -0.25) is 14.4 Å². The summed E-state index contributed by atoms with van der Waals surface area (Å²) < 4.78 is 13.5. The Hall–Kier alpha value is -2.44. The van der Waals surface area contributed by atoms with Crippen LogP contribution >= 0.6 is 0 Å². The van der Waals surface area contributed by atoms with Crippen LogP contribution in [0.4, 0.5) is 10.1 Å². The predicted molar refractivity (Wildman–Crippen MR) is 74.5 cm³/mol. The van der Waals surface area contributed by atoms with Gasteiger partial charge in [0.15, 0.2) is 0 Å². The molecule has 0 saturated carbocycles. The van der Waals surface area contributed by atoms with Crippen molar-refractivity contribution in [3.63, 3.8) is 0 Å². The number of amides is 2. The highest BCUT2D eigenvalue weighted by molar-refractivity contribution is 5.98. The summed E-state index contributed by atoms with van der Waals surface area (Å²) >= 11 is 0. The summed E-state index contributed by atoms with van der Waals surface area (Å²) in [5, 5.41) is 11.1. The van der Waals surface area contributed by atoms with Gasteiger partial charge < -0.3 is 15.3 Å². The van der Waals surface area contributed by atoms with Crippen LogP contribution in [-0.4, -0.2) is 40.4 Å². The van der Waals surface area contributed by atoms with Gasteiger partial charge in [0.05, 0.1) is 5.69 Å². The van der Waals surface area contributed by atoms with Crippen LogP contribution in [0.25, 0.3) is 0 Å². The average molecular weight is 296 g/mol. The van der Waals surface area contributed by atoms with E-state index in [1.807, 2.05) is 0 Å². The van der Waals surface area contributed by atoms with E-state index in [0.717, 1.165) is 11.0 Å². The molecule has 0 saturated heterocycles. The molecule has 0 atom stereocenters. The smallest absolute Gasteiger partial charge is 0.323 e. The first-order valence-corrected chi connectivity index (χ1v) is 6.32. The Bertz CT molecular complexity index is 572. The van der Waals surface area contributed by atoms with Gasteiger partial charge in [-0.1, -0.05) is 0 Å². The van der Waals surface area contributed by atoms with Crippen molar-refractivity contribution in [2.45, 2.75) is 26.8 Å². The fourth-order valence-electron chi connectivity index (χ4n) is 1.74. The molecule has 0 spiro atoms. The number of benzene rings is 1. The number of carbonyl (C=O) groups excluding carboxylic acids is 2. The molecule has 0 aliphatic rings. The molecule has 0 unspecified atom stereocenters. The summed E-state index contributed by atoms with van der Waals surface area (Å²) in [6, 6.07) is 3.16. The minimum absolute atomic E-state index is 0.107. The lowest BCUT2D eigenvalue weighted by molar-refractivity contribution is -0.138. The lowest BCUT2D eigenvalue weighted by Crippen LogP contribution is -2.40. The second-order valence-electron chi connectivity index (χ2n) is 4.80. The van der Waals surface area contributed by atoms with E-state index < -0.39 is 30.1 Å². The van der Waals surface area contributed by atoms with Gasteiger partial charge in [0.25, 0.3) is 5.91 Å². The maximum Gasteiger partial charge on any atom is 0.323 e. The number of carbonyl (C=O) groups is 3. The Kier molecular flexibility index (Phi) is 5.40. The molecule has 0 aliphatic carbocycles. The van der Waals surface area contributed by atoms with E-state index in [2.05, 4.69) is 5.32 Å². The third-order valence-corrected chi connectivity index (χ3v) is 2.71. The van der Waals surface area contributed by atoms with Crippen LogP contribution < -0.4 is 5.32 Å². The molecular formula is C14H17FN2O4. The maximum atomic E-state index is 13.5. The number of nitrogens with zero attached hydrogens (tertiary/aromatic N) is 1. The van der Waals surface area contributed by atoms with Gasteiger partial charge in [0, 0.05) is 18.5 Å². The SMILES string of the molecule is CC(=O)Nc1cc(C(=O)N(CC(=O)O)C(C)C)ccc1F. The average Bonchev–Trinajstić information content (AvgIpc) is 2.36. The molecule has 0 fully saturated rings. The standard InChI is InChI=1S/C14H17FN2O4/c1-8(2)17(7-13(19)20)14(21)10-4-5-11(15)12(6-10)16-9(3)18/h4-6,8H,7H2,1-3H3,(H,16,18)(H,19,20). The zero-order valence-electron chi connectivity index (χ0n) is 12.0. The highest BCUT2D eigenvalue weighted by Crippen LogP contribution is 2.18. The van der Waals surface area contributed by atoms with Crippen LogP contribution in [0.15, 0.2) is 18.2 Å². The summed E-state index contributed by atoms with van der Waals surface area (Å²) in [6.45, 7) is 4.13. The minimum atomic E-state index is -1.14. The molecule has 1 aromatic carbocycles. The van der Waals surface area contributed by atoms with Crippen molar-refractivity contribution >= 4 is 23.5 Å². The molecule has 6 nitrogen and oxygen atoms in total. The van der Waals surface area contributed by atoms with Gasteiger partial charge >= 0.3 is 5.97 Å². The van der Waals surface area contributed by atoms with Crippen molar-refractivity contribution in [2.24, 2.45) is 0 Å². The first-order valence-electron chi connectivity index (χ1n) is 6.32. The van der Waals surface area contributed by atoms with Gasteiger partial charge in [-0.15, -0.1) is 0 Å². The molecule has 114 valence electrons. The Morgan fingerprint density at radius 1 is 1.33 bits per heavy atom. The van der Waals surface area contributed by atoms with Gasteiger partial charge in [0.1, 0.15) is 12.4 Å². The summed E-state index contributed by atoms with van der Waals surface area (Å²) in [5.74, 6) is -2.82.